The molecule has 0 aliphatic carbocycles. The van der Waals surface area contributed by atoms with Crippen LogP contribution in [0, 0.1) is 0 Å². The Hall–Kier alpha value is -1.73. The molecular weight excluding hydrogens is 276 g/mol. The topological polar surface area (TPSA) is 21.6 Å². The van der Waals surface area contributed by atoms with Gasteiger partial charge in [-0.1, -0.05) is 17.3 Å². The van der Waals surface area contributed by atoms with Crippen LogP contribution in [0.25, 0.3) is 0 Å². The van der Waals surface area contributed by atoms with Gasteiger partial charge < -0.3 is 4.84 Å². The van der Waals surface area contributed by atoms with E-state index >= 15 is 0 Å². The Bertz CT molecular complexity index is 497. The SMILES string of the molecule is FC(F)(F)c1cccc(C2(C(F)(F)F)CC=NO2)c1. The van der Waals surface area contributed by atoms with Crippen molar-refractivity contribution in [3.63, 3.8) is 0 Å². The maximum atomic E-state index is 13.0. The number of alkyl halides is 6. The van der Waals surface area contributed by atoms with E-state index in [1.54, 1.807) is 0 Å². The zero-order valence-electron chi connectivity index (χ0n) is 9.22. The van der Waals surface area contributed by atoms with Crippen LogP contribution in [0.2, 0.25) is 0 Å². The quantitative estimate of drug-likeness (QED) is 0.717. The molecule has 1 aliphatic rings. The van der Waals surface area contributed by atoms with E-state index < -0.39 is 35.5 Å². The van der Waals surface area contributed by atoms with Gasteiger partial charge in [-0.25, -0.2) is 0 Å². The average Bonchev–Trinajstić information content (AvgIpc) is 2.77. The molecule has 0 spiro atoms. The molecule has 0 saturated heterocycles. The van der Waals surface area contributed by atoms with E-state index in [0.717, 1.165) is 18.3 Å². The summed E-state index contributed by atoms with van der Waals surface area (Å²) in [7, 11) is 0. The van der Waals surface area contributed by atoms with Crippen molar-refractivity contribution in [1.82, 2.24) is 0 Å². The van der Waals surface area contributed by atoms with Gasteiger partial charge in [0.25, 0.3) is 5.60 Å². The minimum atomic E-state index is -4.87. The van der Waals surface area contributed by atoms with E-state index in [1.165, 1.54) is 0 Å². The Balaban J connectivity index is 2.51. The summed E-state index contributed by atoms with van der Waals surface area (Å²) in [6.45, 7) is 0. The van der Waals surface area contributed by atoms with Gasteiger partial charge in [0.2, 0.25) is 0 Å². The fourth-order valence-corrected chi connectivity index (χ4v) is 1.78. The molecule has 1 unspecified atom stereocenters. The molecule has 1 heterocycles. The molecule has 0 bridgehead atoms. The molecule has 0 fully saturated rings. The van der Waals surface area contributed by atoms with Crippen LogP contribution in [0.15, 0.2) is 29.4 Å². The van der Waals surface area contributed by atoms with Crippen molar-refractivity contribution in [2.24, 2.45) is 5.16 Å². The molecule has 8 heteroatoms. The summed E-state index contributed by atoms with van der Waals surface area (Å²) in [6.07, 6.45) is -9.36. The average molecular weight is 283 g/mol. The second kappa shape index (κ2) is 4.14. The minimum Gasteiger partial charge on any atom is -0.375 e. The smallest absolute Gasteiger partial charge is 0.375 e. The van der Waals surface area contributed by atoms with Gasteiger partial charge in [0, 0.05) is 18.2 Å². The van der Waals surface area contributed by atoms with Crippen LogP contribution in [-0.2, 0) is 16.6 Å². The number of oxime groups is 1. The third kappa shape index (κ3) is 2.26. The second-order valence-corrected chi connectivity index (χ2v) is 3.99. The molecule has 19 heavy (non-hydrogen) atoms. The highest BCUT2D eigenvalue weighted by molar-refractivity contribution is 5.61. The molecule has 0 N–H and O–H groups in total. The van der Waals surface area contributed by atoms with E-state index in [2.05, 4.69) is 9.99 Å². The lowest BCUT2D eigenvalue weighted by Crippen LogP contribution is -2.42. The number of rotatable bonds is 1. The van der Waals surface area contributed by atoms with Crippen molar-refractivity contribution in [2.75, 3.05) is 0 Å². The van der Waals surface area contributed by atoms with E-state index in [1.807, 2.05) is 0 Å². The van der Waals surface area contributed by atoms with Crippen LogP contribution < -0.4 is 0 Å². The summed E-state index contributed by atoms with van der Waals surface area (Å²) in [5.74, 6) is 0. The second-order valence-electron chi connectivity index (χ2n) is 3.99. The maximum absolute atomic E-state index is 13.0. The number of hydrogen-bond donors (Lipinski definition) is 0. The number of halogens is 6. The van der Waals surface area contributed by atoms with Crippen LogP contribution in [0.1, 0.15) is 17.5 Å². The van der Waals surface area contributed by atoms with Gasteiger partial charge in [0.1, 0.15) is 0 Å². The Kier molecular flexibility index (Phi) is 2.98. The largest absolute Gasteiger partial charge is 0.435 e. The fourth-order valence-electron chi connectivity index (χ4n) is 1.78. The summed E-state index contributed by atoms with van der Waals surface area (Å²) < 4.78 is 76.7. The first-order chi connectivity index (χ1) is 8.67. The number of hydrogen-bond acceptors (Lipinski definition) is 2. The first kappa shape index (κ1) is 13.7. The van der Waals surface area contributed by atoms with Crippen molar-refractivity contribution < 1.29 is 31.2 Å². The van der Waals surface area contributed by atoms with E-state index in [9.17, 15) is 26.3 Å². The van der Waals surface area contributed by atoms with Gasteiger partial charge in [0.05, 0.1) is 5.56 Å². The molecule has 0 saturated carbocycles. The zero-order valence-corrected chi connectivity index (χ0v) is 9.22. The van der Waals surface area contributed by atoms with Gasteiger partial charge in [0.15, 0.2) is 0 Å². The van der Waals surface area contributed by atoms with Crippen LogP contribution in [0.3, 0.4) is 0 Å². The predicted molar refractivity (Wildman–Crippen MR) is 53.4 cm³/mol. The molecule has 0 amide bonds. The minimum absolute atomic E-state index is 0.433. The lowest BCUT2D eigenvalue weighted by molar-refractivity contribution is -0.276. The maximum Gasteiger partial charge on any atom is 0.435 e. The summed E-state index contributed by atoms with van der Waals surface area (Å²) in [5, 5.41) is 3.05. The molecule has 2 rings (SSSR count). The molecule has 1 aliphatic heterocycles. The van der Waals surface area contributed by atoms with Crippen molar-refractivity contribution in [2.45, 2.75) is 24.4 Å². The van der Waals surface area contributed by atoms with Crippen molar-refractivity contribution in [3.8, 4) is 0 Å². The Morgan fingerprint density at radius 1 is 1.11 bits per heavy atom. The third-order valence-corrected chi connectivity index (χ3v) is 2.78. The summed E-state index contributed by atoms with van der Waals surface area (Å²) in [4.78, 5) is 4.34. The standard InChI is InChI=1S/C11H7F6NO/c12-10(13,14)8-3-1-2-7(6-8)9(11(15,16)17)4-5-18-19-9/h1-3,5-6H,4H2. The molecule has 0 radical (unpaired) electrons. The lowest BCUT2D eigenvalue weighted by atomic mass is 9.89. The van der Waals surface area contributed by atoms with Gasteiger partial charge >= 0.3 is 12.4 Å². The molecule has 1 aromatic rings. The Labute approximate surface area is 103 Å². The molecule has 104 valence electrons. The summed E-state index contributed by atoms with van der Waals surface area (Å²) in [6, 6.07) is 2.98. The Morgan fingerprint density at radius 3 is 2.26 bits per heavy atom. The van der Waals surface area contributed by atoms with Crippen LogP contribution in [-0.4, -0.2) is 12.4 Å². The third-order valence-electron chi connectivity index (χ3n) is 2.78. The summed E-state index contributed by atoms with van der Waals surface area (Å²) in [5.41, 5.74) is -4.62. The predicted octanol–water partition coefficient (Wildman–Crippen LogP) is 3.87. The van der Waals surface area contributed by atoms with Crippen LogP contribution in [0.5, 0.6) is 0 Å². The van der Waals surface area contributed by atoms with E-state index in [4.69, 9.17) is 0 Å². The van der Waals surface area contributed by atoms with Gasteiger partial charge in [-0.2, -0.15) is 26.3 Å². The highest BCUT2D eigenvalue weighted by Gasteiger charge is 2.60. The van der Waals surface area contributed by atoms with Crippen molar-refractivity contribution in [1.29, 1.82) is 0 Å². The molecule has 0 aromatic heterocycles. The molecule has 1 aromatic carbocycles. The van der Waals surface area contributed by atoms with Gasteiger partial charge in [-0.3, -0.25) is 0 Å². The molecule has 1 atom stereocenters. The van der Waals surface area contributed by atoms with Crippen LogP contribution >= 0.6 is 0 Å². The molecule has 2 nitrogen and oxygen atoms in total. The van der Waals surface area contributed by atoms with E-state index in [0.29, 0.717) is 12.1 Å². The zero-order chi connectivity index (χ0) is 14.3. The van der Waals surface area contributed by atoms with E-state index in [-0.39, 0.29) is 0 Å². The summed E-state index contributed by atoms with van der Waals surface area (Å²) >= 11 is 0. The molecular formula is C11H7F6NO. The fraction of sp³-hybridized carbons (Fsp3) is 0.364. The van der Waals surface area contributed by atoms with Crippen molar-refractivity contribution >= 4 is 6.21 Å². The van der Waals surface area contributed by atoms with Gasteiger partial charge in [-0.15, -0.1) is 0 Å². The van der Waals surface area contributed by atoms with Crippen LogP contribution in [0.4, 0.5) is 26.3 Å². The number of nitrogens with zero attached hydrogens (tertiary/aromatic N) is 1. The first-order valence-electron chi connectivity index (χ1n) is 5.11. The number of benzene rings is 1. The monoisotopic (exact) mass is 283 g/mol. The first-order valence-corrected chi connectivity index (χ1v) is 5.11. The van der Waals surface area contributed by atoms with Gasteiger partial charge in [-0.05, 0) is 12.1 Å². The highest BCUT2D eigenvalue weighted by atomic mass is 19.4. The van der Waals surface area contributed by atoms with Crippen molar-refractivity contribution in [3.05, 3.63) is 35.4 Å². The lowest BCUT2D eigenvalue weighted by Gasteiger charge is -2.29. The Morgan fingerprint density at radius 2 is 1.79 bits per heavy atom. The normalized spacial score (nSPS) is 23.5. The highest BCUT2D eigenvalue weighted by Crippen LogP contribution is 2.47.